The third kappa shape index (κ3) is 4.63. The maximum atomic E-state index is 13.5. The molecule has 0 aliphatic carbocycles. The molecule has 1 heterocycles. The van der Waals surface area contributed by atoms with Gasteiger partial charge in [0.25, 0.3) is 0 Å². The van der Waals surface area contributed by atoms with Gasteiger partial charge >= 0.3 is 0 Å². The van der Waals surface area contributed by atoms with Crippen molar-refractivity contribution in [3.05, 3.63) is 94.1 Å². The number of thiophene rings is 1. The van der Waals surface area contributed by atoms with E-state index in [0.717, 1.165) is 11.3 Å². The standard InChI is InChI=1S/C24H18ClFN2O4S2/c1-32-18-10-2-14(3-11-18)21(29)22-20(27)23(34(30,31)19-12-4-15(25)5-13-19)24(33-22)28-17-8-6-16(26)7-9-17/h2-13,28H,27H2,1H3. The van der Waals surface area contributed by atoms with Crippen molar-refractivity contribution in [2.24, 2.45) is 0 Å². The van der Waals surface area contributed by atoms with Crippen LogP contribution in [0.3, 0.4) is 0 Å². The second-order valence-electron chi connectivity index (χ2n) is 7.15. The van der Waals surface area contributed by atoms with Gasteiger partial charge in [-0.05, 0) is 72.8 Å². The quantitative estimate of drug-likeness (QED) is 0.295. The second kappa shape index (κ2) is 9.46. The molecule has 3 N–H and O–H groups in total. The number of methoxy groups -OCH3 is 1. The summed E-state index contributed by atoms with van der Waals surface area (Å²) in [7, 11) is -2.62. The van der Waals surface area contributed by atoms with Crippen LogP contribution < -0.4 is 15.8 Å². The van der Waals surface area contributed by atoms with E-state index in [-0.39, 0.29) is 25.4 Å². The Balaban J connectivity index is 1.85. The van der Waals surface area contributed by atoms with Gasteiger partial charge in [0.1, 0.15) is 26.3 Å². The minimum atomic E-state index is -4.13. The lowest BCUT2D eigenvalue weighted by Crippen LogP contribution is -2.08. The van der Waals surface area contributed by atoms with Crippen LogP contribution in [0, 0.1) is 5.82 Å². The summed E-state index contributed by atoms with van der Waals surface area (Å²) in [6.07, 6.45) is 0. The molecule has 0 radical (unpaired) electrons. The number of sulfone groups is 1. The molecule has 1 aromatic heterocycles. The van der Waals surface area contributed by atoms with Gasteiger partial charge in [0.05, 0.1) is 17.7 Å². The number of nitrogens with two attached hydrogens (primary N) is 1. The zero-order valence-electron chi connectivity index (χ0n) is 17.7. The topological polar surface area (TPSA) is 98.5 Å². The Bertz CT molecular complexity index is 1450. The van der Waals surface area contributed by atoms with Gasteiger partial charge in [0, 0.05) is 16.3 Å². The summed E-state index contributed by atoms with van der Waals surface area (Å²) in [4.78, 5) is 13.0. The summed E-state index contributed by atoms with van der Waals surface area (Å²) >= 11 is 6.82. The predicted molar refractivity (Wildman–Crippen MR) is 132 cm³/mol. The van der Waals surface area contributed by atoms with Gasteiger partial charge in [-0.2, -0.15) is 0 Å². The number of carbonyl (C=O) groups excluding carboxylic acids is 1. The lowest BCUT2D eigenvalue weighted by molar-refractivity contribution is 0.104. The van der Waals surface area contributed by atoms with Crippen LogP contribution in [0.2, 0.25) is 5.02 Å². The van der Waals surface area contributed by atoms with Gasteiger partial charge in [-0.15, -0.1) is 11.3 Å². The minimum Gasteiger partial charge on any atom is -0.497 e. The van der Waals surface area contributed by atoms with Crippen LogP contribution in [0.25, 0.3) is 0 Å². The molecule has 174 valence electrons. The van der Waals surface area contributed by atoms with Crippen LogP contribution in [-0.4, -0.2) is 21.3 Å². The molecule has 3 aromatic carbocycles. The molecule has 34 heavy (non-hydrogen) atoms. The fraction of sp³-hybridized carbons (Fsp3) is 0.0417. The van der Waals surface area contributed by atoms with Crippen LogP contribution in [0.15, 0.2) is 82.6 Å². The number of nitrogen functional groups attached to an aromatic ring is 1. The first kappa shape index (κ1) is 23.7. The molecule has 0 saturated carbocycles. The summed E-state index contributed by atoms with van der Waals surface area (Å²) in [6, 6.07) is 17.4. The van der Waals surface area contributed by atoms with E-state index in [0.29, 0.717) is 22.0 Å². The highest BCUT2D eigenvalue weighted by molar-refractivity contribution is 7.92. The minimum absolute atomic E-state index is 0.0352. The zero-order chi connectivity index (χ0) is 24.5. The molecule has 0 bridgehead atoms. The molecule has 4 rings (SSSR count). The van der Waals surface area contributed by atoms with Crippen molar-refractivity contribution in [2.75, 3.05) is 18.2 Å². The second-order valence-corrected chi connectivity index (χ2v) is 10.5. The molecule has 0 spiro atoms. The van der Waals surface area contributed by atoms with Gasteiger partial charge in [-0.25, -0.2) is 12.8 Å². The highest BCUT2D eigenvalue weighted by Crippen LogP contribution is 2.44. The van der Waals surface area contributed by atoms with E-state index >= 15 is 0 Å². The lowest BCUT2D eigenvalue weighted by atomic mass is 10.1. The number of ether oxygens (including phenoxy) is 1. The Labute approximate surface area is 204 Å². The Hall–Kier alpha value is -3.40. The molecule has 10 heteroatoms. The molecule has 0 amide bonds. The number of halogens is 2. The summed E-state index contributed by atoms with van der Waals surface area (Å²) in [5.41, 5.74) is 6.86. The van der Waals surface area contributed by atoms with E-state index in [1.54, 1.807) is 24.3 Å². The number of carbonyl (C=O) groups is 1. The normalized spacial score (nSPS) is 11.3. The first-order chi connectivity index (χ1) is 16.2. The molecular weight excluding hydrogens is 499 g/mol. The van der Waals surface area contributed by atoms with E-state index in [9.17, 15) is 17.6 Å². The summed E-state index contributed by atoms with van der Waals surface area (Å²) in [5.74, 6) is -0.314. The molecular formula is C24H18ClFN2O4S2. The van der Waals surface area contributed by atoms with Gasteiger partial charge in [0.2, 0.25) is 15.6 Å². The first-order valence-electron chi connectivity index (χ1n) is 9.85. The average Bonchev–Trinajstić information content (AvgIpc) is 3.16. The van der Waals surface area contributed by atoms with Crippen molar-refractivity contribution in [3.8, 4) is 5.75 Å². The maximum absolute atomic E-state index is 13.5. The molecule has 0 saturated heterocycles. The van der Waals surface area contributed by atoms with Crippen LogP contribution in [-0.2, 0) is 9.84 Å². The highest BCUT2D eigenvalue weighted by Gasteiger charge is 2.31. The zero-order valence-corrected chi connectivity index (χ0v) is 20.1. The van der Waals surface area contributed by atoms with E-state index < -0.39 is 21.4 Å². The summed E-state index contributed by atoms with van der Waals surface area (Å²) in [6.45, 7) is 0. The molecule has 0 aliphatic heterocycles. The molecule has 4 aromatic rings. The molecule has 0 unspecified atom stereocenters. The van der Waals surface area contributed by atoms with Crippen LogP contribution in [0.1, 0.15) is 15.2 Å². The van der Waals surface area contributed by atoms with Gasteiger partial charge in [0.15, 0.2) is 0 Å². The lowest BCUT2D eigenvalue weighted by Gasteiger charge is -2.10. The monoisotopic (exact) mass is 516 g/mol. The van der Waals surface area contributed by atoms with E-state index in [1.807, 2.05) is 0 Å². The Morgan fingerprint density at radius 3 is 2.21 bits per heavy atom. The van der Waals surface area contributed by atoms with Crippen LogP contribution >= 0.6 is 22.9 Å². The van der Waals surface area contributed by atoms with Gasteiger partial charge in [-0.3, -0.25) is 4.79 Å². The van der Waals surface area contributed by atoms with Gasteiger partial charge in [-0.1, -0.05) is 11.6 Å². The van der Waals surface area contributed by atoms with Crippen molar-refractivity contribution in [2.45, 2.75) is 9.79 Å². The number of rotatable bonds is 7. The van der Waals surface area contributed by atoms with E-state index in [4.69, 9.17) is 22.1 Å². The Morgan fingerprint density at radius 1 is 1.00 bits per heavy atom. The van der Waals surface area contributed by atoms with Crippen molar-refractivity contribution in [1.82, 2.24) is 0 Å². The third-order valence-corrected chi connectivity index (χ3v) is 8.31. The fourth-order valence-corrected chi connectivity index (χ4v) is 6.28. The Kier molecular flexibility index (Phi) is 6.60. The number of benzene rings is 3. The third-order valence-electron chi connectivity index (χ3n) is 4.95. The molecule has 0 fully saturated rings. The summed E-state index contributed by atoms with van der Waals surface area (Å²) < 4.78 is 45.6. The SMILES string of the molecule is COc1ccc(C(=O)c2sc(Nc3ccc(F)cc3)c(S(=O)(=O)c3ccc(Cl)cc3)c2N)cc1. The number of hydrogen-bond donors (Lipinski definition) is 2. The summed E-state index contributed by atoms with van der Waals surface area (Å²) in [5, 5.41) is 3.47. The van der Waals surface area contributed by atoms with Crippen molar-refractivity contribution in [1.29, 1.82) is 0 Å². The largest absolute Gasteiger partial charge is 0.497 e. The molecule has 0 atom stereocenters. The van der Waals surface area contributed by atoms with E-state index in [2.05, 4.69) is 5.32 Å². The van der Waals surface area contributed by atoms with Crippen LogP contribution in [0.5, 0.6) is 5.75 Å². The smallest absolute Gasteiger partial charge is 0.211 e. The fourth-order valence-electron chi connectivity index (χ4n) is 3.22. The van der Waals surface area contributed by atoms with Crippen LogP contribution in [0.4, 0.5) is 20.8 Å². The number of anilines is 3. The molecule has 0 aliphatic rings. The molecule has 6 nitrogen and oxygen atoms in total. The maximum Gasteiger partial charge on any atom is 0.211 e. The van der Waals surface area contributed by atoms with Crippen molar-refractivity contribution >= 4 is 54.9 Å². The number of nitrogens with one attached hydrogen (secondary N) is 1. The predicted octanol–water partition coefficient (Wildman–Crippen LogP) is 5.94. The van der Waals surface area contributed by atoms with Crippen molar-refractivity contribution in [3.63, 3.8) is 0 Å². The van der Waals surface area contributed by atoms with Gasteiger partial charge < -0.3 is 15.8 Å². The first-order valence-corrected chi connectivity index (χ1v) is 12.5. The Morgan fingerprint density at radius 2 is 1.62 bits per heavy atom. The van der Waals surface area contributed by atoms with Crippen molar-refractivity contribution < 1.29 is 22.3 Å². The number of hydrogen-bond acceptors (Lipinski definition) is 7. The highest BCUT2D eigenvalue weighted by atomic mass is 35.5. The van der Waals surface area contributed by atoms with E-state index in [1.165, 1.54) is 55.6 Å². The average molecular weight is 517 g/mol. The number of ketones is 1.